The Morgan fingerprint density at radius 2 is 1.95 bits per heavy atom. The van der Waals surface area contributed by atoms with Crippen LogP contribution in [0.4, 0.5) is 5.69 Å². The molecule has 0 bridgehead atoms. The normalized spacial score (nSPS) is 25.8. The van der Waals surface area contributed by atoms with Crippen molar-refractivity contribution >= 4 is 38.0 Å². The van der Waals surface area contributed by atoms with E-state index >= 15 is 0 Å². The third-order valence-corrected chi connectivity index (χ3v) is 10.1. The van der Waals surface area contributed by atoms with Crippen LogP contribution in [-0.2, 0) is 37.0 Å². The van der Waals surface area contributed by atoms with Crippen molar-refractivity contribution in [2.75, 3.05) is 30.6 Å². The molecule has 2 aliphatic rings. The van der Waals surface area contributed by atoms with Gasteiger partial charge in [-0.3, -0.25) is 9.13 Å². The predicted octanol–water partition coefficient (Wildman–Crippen LogP) is 1.23. The van der Waals surface area contributed by atoms with E-state index in [0.717, 1.165) is 18.7 Å². The fourth-order valence-corrected chi connectivity index (χ4v) is 7.45. The van der Waals surface area contributed by atoms with Crippen LogP contribution >= 0.6 is 26.8 Å². The van der Waals surface area contributed by atoms with Crippen molar-refractivity contribution in [1.29, 1.82) is 0 Å². The summed E-state index contributed by atoms with van der Waals surface area (Å²) in [6.45, 7) is 0.208. The molecule has 37 heavy (non-hydrogen) atoms. The molecule has 4 atom stereocenters. The van der Waals surface area contributed by atoms with Crippen LogP contribution < -0.4 is 4.90 Å². The zero-order valence-corrected chi connectivity index (χ0v) is 21.8. The van der Waals surface area contributed by atoms with E-state index in [9.17, 15) is 24.2 Å². The number of aromatic nitrogens is 3. The molecule has 13 nitrogen and oxygen atoms in total. The molecule has 1 saturated heterocycles. The summed E-state index contributed by atoms with van der Waals surface area (Å²) in [5.41, 5.74) is 1.66. The lowest BCUT2D eigenvalue weighted by molar-refractivity contribution is -0.0652. The number of hydrogen-bond acceptors (Lipinski definition) is 9. The van der Waals surface area contributed by atoms with Crippen molar-refractivity contribution in [3.05, 3.63) is 58.6 Å². The number of hydrogen-bond donors (Lipinski definition) is 5. The van der Waals surface area contributed by atoms with Crippen LogP contribution in [0, 0.1) is 0 Å². The number of rotatable bonds is 7. The Morgan fingerprint density at radius 3 is 2.68 bits per heavy atom. The zero-order valence-electron chi connectivity index (χ0n) is 19.3. The molecule has 200 valence electrons. The van der Waals surface area contributed by atoms with Gasteiger partial charge in [-0.25, -0.2) is 9.50 Å². The lowest BCUT2D eigenvalue weighted by atomic mass is 9.96. The summed E-state index contributed by atoms with van der Waals surface area (Å²) in [6, 6.07) is 9.85. The maximum atomic E-state index is 12.0. The van der Waals surface area contributed by atoms with Gasteiger partial charge in [0.05, 0.1) is 25.1 Å². The standard InChI is InChI=1S/C21H25ClN4O9P2/c22-18-7-15(25-6-5-13-3-1-2-4-14(13)9-25)16-8-23-20(26(16)24-18)21(28)11-34-17(19(21)27)10-35-37(32,33)12-36(29,30)31/h1-4,7-8,17,19,27-28H,5-6,9-12H2,(H,32,33)(H2,29,30,31)/t17-,19-,21+/m1/s1. The molecule has 3 aromatic rings. The second-order valence-electron chi connectivity index (χ2n) is 9.13. The molecule has 1 unspecified atom stereocenters. The minimum atomic E-state index is -4.82. The summed E-state index contributed by atoms with van der Waals surface area (Å²) in [4.78, 5) is 34.0. The average Bonchev–Trinajstić information content (AvgIpc) is 3.37. The number of halogens is 1. The molecule has 2 aromatic heterocycles. The fraction of sp³-hybridized carbons (Fsp3) is 0.429. The van der Waals surface area contributed by atoms with Gasteiger partial charge < -0.3 is 39.1 Å². The Bertz CT molecular complexity index is 1430. The average molecular weight is 575 g/mol. The highest BCUT2D eigenvalue weighted by Crippen LogP contribution is 2.55. The first kappa shape index (κ1) is 26.7. The topological polar surface area (TPSA) is 187 Å². The highest BCUT2D eigenvalue weighted by atomic mass is 35.5. The number of anilines is 1. The Morgan fingerprint density at radius 1 is 1.22 bits per heavy atom. The summed E-state index contributed by atoms with van der Waals surface area (Å²) >= 11 is 6.34. The molecule has 1 aromatic carbocycles. The third-order valence-electron chi connectivity index (χ3n) is 6.47. The molecule has 5 rings (SSSR count). The number of benzene rings is 1. The van der Waals surface area contributed by atoms with Crippen LogP contribution in [0.1, 0.15) is 17.0 Å². The van der Waals surface area contributed by atoms with Crippen LogP contribution in [0.5, 0.6) is 0 Å². The second kappa shape index (κ2) is 9.69. The molecule has 0 radical (unpaired) electrons. The van der Waals surface area contributed by atoms with E-state index in [0.29, 0.717) is 12.1 Å². The van der Waals surface area contributed by atoms with Gasteiger partial charge in [-0.05, 0) is 17.5 Å². The van der Waals surface area contributed by atoms with Crippen LogP contribution in [0.15, 0.2) is 36.5 Å². The monoisotopic (exact) mass is 574 g/mol. The molecule has 4 heterocycles. The smallest absolute Gasteiger partial charge is 0.340 e. The van der Waals surface area contributed by atoms with Gasteiger partial charge >= 0.3 is 15.2 Å². The second-order valence-corrected chi connectivity index (χ2v) is 13.5. The van der Waals surface area contributed by atoms with E-state index in [1.165, 1.54) is 21.8 Å². The number of aliphatic hydroxyl groups is 2. The van der Waals surface area contributed by atoms with Crippen LogP contribution in [0.3, 0.4) is 0 Å². The van der Waals surface area contributed by atoms with Crippen molar-refractivity contribution in [1.82, 2.24) is 14.6 Å². The first-order valence-electron chi connectivity index (χ1n) is 11.3. The molecule has 5 N–H and O–H groups in total. The predicted molar refractivity (Wildman–Crippen MR) is 132 cm³/mol. The fourth-order valence-electron chi connectivity index (χ4n) is 4.70. The van der Waals surface area contributed by atoms with E-state index < -0.39 is 52.1 Å². The van der Waals surface area contributed by atoms with Gasteiger partial charge in [-0.1, -0.05) is 35.9 Å². The summed E-state index contributed by atoms with van der Waals surface area (Å²) < 4.78 is 34.5. The number of aliphatic hydroxyl groups excluding tert-OH is 1. The first-order valence-corrected chi connectivity index (χ1v) is 15.2. The summed E-state index contributed by atoms with van der Waals surface area (Å²) in [6.07, 6.45) is -0.616. The number of imidazole rings is 1. The van der Waals surface area contributed by atoms with E-state index in [1.807, 2.05) is 12.1 Å². The van der Waals surface area contributed by atoms with Crippen molar-refractivity contribution < 1.29 is 43.3 Å². The molecule has 0 saturated carbocycles. The minimum Gasteiger partial charge on any atom is -0.387 e. The SMILES string of the molecule is O=P(O)(O)CP(=O)(O)OC[C@H]1OC[C@@](O)(c2ncc3c(N4CCc5ccccc5C4)cc(Cl)nn23)[C@@H]1O. The largest absolute Gasteiger partial charge is 0.387 e. The van der Waals surface area contributed by atoms with Gasteiger partial charge in [0.2, 0.25) is 0 Å². The maximum Gasteiger partial charge on any atom is 0.340 e. The summed E-state index contributed by atoms with van der Waals surface area (Å²) in [5.74, 6) is -1.44. The lowest BCUT2D eigenvalue weighted by Crippen LogP contribution is -2.44. The molecule has 1 fully saturated rings. The van der Waals surface area contributed by atoms with E-state index in [2.05, 4.69) is 27.1 Å². The van der Waals surface area contributed by atoms with E-state index in [-0.39, 0.29) is 11.0 Å². The molecular formula is C21H25ClN4O9P2. The third kappa shape index (κ3) is 5.35. The lowest BCUT2D eigenvalue weighted by Gasteiger charge is -2.31. The Kier molecular flexibility index (Phi) is 7.00. The van der Waals surface area contributed by atoms with E-state index in [4.69, 9.17) is 30.6 Å². The molecular weight excluding hydrogens is 550 g/mol. The number of nitrogens with zero attached hydrogens (tertiary/aromatic N) is 4. The van der Waals surface area contributed by atoms with E-state index in [1.54, 1.807) is 6.07 Å². The van der Waals surface area contributed by atoms with Crippen molar-refractivity contribution in [3.8, 4) is 0 Å². The van der Waals surface area contributed by atoms with Gasteiger partial charge in [0.15, 0.2) is 22.5 Å². The highest BCUT2D eigenvalue weighted by molar-refractivity contribution is 7.70. The van der Waals surface area contributed by atoms with Gasteiger partial charge in [0, 0.05) is 19.2 Å². The zero-order chi connectivity index (χ0) is 26.6. The molecule has 0 amide bonds. The Labute approximate surface area is 215 Å². The van der Waals surface area contributed by atoms with Gasteiger partial charge in [0.1, 0.15) is 17.7 Å². The van der Waals surface area contributed by atoms with Crippen molar-refractivity contribution in [2.45, 2.75) is 30.8 Å². The Hall–Kier alpha value is -1.89. The number of ether oxygens (including phenoxy) is 1. The van der Waals surface area contributed by atoms with Crippen molar-refractivity contribution in [3.63, 3.8) is 0 Å². The maximum absolute atomic E-state index is 12.0. The van der Waals surface area contributed by atoms with Crippen LogP contribution in [0.25, 0.3) is 5.52 Å². The van der Waals surface area contributed by atoms with Gasteiger partial charge in [-0.2, -0.15) is 5.10 Å². The van der Waals surface area contributed by atoms with Crippen molar-refractivity contribution in [2.24, 2.45) is 0 Å². The van der Waals surface area contributed by atoms with Crippen LogP contribution in [-0.4, -0.2) is 77.4 Å². The first-order chi connectivity index (χ1) is 17.4. The van der Waals surface area contributed by atoms with Gasteiger partial charge in [0.25, 0.3) is 0 Å². The minimum absolute atomic E-state index is 0.0546. The highest BCUT2D eigenvalue weighted by Gasteiger charge is 2.53. The summed E-state index contributed by atoms with van der Waals surface area (Å²) in [7, 11) is -9.50. The van der Waals surface area contributed by atoms with Gasteiger partial charge in [-0.15, -0.1) is 0 Å². The molecule has 2 aliphatic heterocycles. The molecule has 0 spiro atoms. The summed E-state index contributed by atoms with van der Waals surface area (Å²) in [5, 5.41) is 26.6. The molecule has 0 aliphatic carbocycles. The Balaban J connectivity index is 1.40. The van der Waals surface area contributed by atoms with Crippen LogP contribution in [0.2, 0.25) is 5.15 Å². The quantitative estimate of drug-likeness (QED) is 0.254. The number of fused-ring (bicyclic) bond motifs is 2. The molecule has 16 heteroatoms.